The van der Waals surface area contributed by atoms with Crippen LogP contribution in [0.5, 0.6) is 11.5 Å². The standard InChI is InChI=1S/C30H31ClN2O5/c1-32(23-10-6-3-7-11-23)29(34)36-20-27-28(21-8-4-2-5-9-21)33(30(35)38-27)24-14-18-26(19-15-24)37-25-16-12-22(31)13-17-25/h2,4-5,8-9,12-19,23,27-28H,3,6-7,10-11,20H2,1H3/t27-,28-/m0/s1. The number of nitrogens with zero attached hydrogens (tertiary/aromatic N) is 2. The molecule has 1 aliphatic carbocycles. The van der Waals surface area contributed by atoms with Crippen LogP contribution in [0.25, 0.3) is 0 Å². The molecule has 5 rings (SSSR count). The van der Waals surface area contributed by atoms with Gasteiger partial charge in [-0.15, -0.1) is 0 Å². The zero-order chi connectivity index (χ0) is 26.5. The van der Waals surface area contributed by atoms with E-state index in [-0.39, 0.29) is 18.7 Å². The van der Waals surface area contributed by atoms with E-state index < -0.39 is 18.2 Å². The zero-order valence-corrected chi connectivity index (χ0v) is 22.0. The lowest BCUT2D eigenvalue weighted by atomic mass is 9.95. The first-order valence-corrected chi connectivity index (χ1v) is 13.4. The molecule has 0 bridgehead atoms. The monoisotopic (exact) mass is 534 g/mol. The summed E-state index contributed by atoms with van der Waals surface area (Å²) in [5, 5.41) is 0.632. The van der Waals surface area contributed by atoms with Gasteiger partial charge in [-0.25, -0.2) is 9.59 Å². The van der Waals surface area contributed by atoms with Crippen molar-refractivity contribution in [3.05, 3.63) is 89.4 Å². The molecule has 1 saturated heterocycles. The van der Waals surface area contributed by atoms with Crippen LogP contribution in [-0.2, 0) is 9.47 Å². The van der Waals surface area contributed by atoms with Gasteiger partial charge >= 0.3 is 12.2 Å². The van der Waals surface area contributed by atoms with Crippen LogP contribution < -0.4 is 9.64 Å². The summed E-state index contributed by atoms with van der Waals surface area (Å²) in [5.41, 5.74) is 1.54. The Morgan fingerprint density at radius 2 is 1.58 bits per heavy atom. The van der Waals surface area contributed by atoms with Crippen molar-refractivity contribution in [2.45, 2.75) is 50.3 Å². The number of amides is 2. The van der Waals surface area contributed by atoms with Crippen LogP contribution in [0.2, 0.25) is 5.02 Å². The molecule has 0 spiro atoms. The van der Waals surface area contributed by atoms with Gasteiger partial charge in [0.15, 0.2) is 6.10 Å². The Bertz CT molecular complexity index is 1230. The minimum atomic E-state index is -0.654. The minimum Gasteiger partial charge on any atom is -0.457 e. The molecule has 0 radical (unpaired) electrons. The first kappa shape index (κ1) is 25.9. The molecule has 7 nitrogen and oxygen atoms in total. The Morgan fingerprint density at radius 1 is 0.947 bits per heavy atom. The van der Waals surface area contributed by atoms with E-state index in [1.165, 1.54) is 6.42 Å². The highest BCUT2D eigenvalue weighted by Crippen LogP contribution is 2.38. The molecule has 0 N–H and O–H groups in total. The molecule has 0 aromatic heterocycles. The molecule has 3 aromatic rings. The Morgan fingerprint density at radius 3 is 2.24 bits per heavy atom. The van der Waals surface area contributed by atoms with Crippen molar-refractivity contribution in [3.63, 3.8) is 0 Å². The van der Waals surface area contributed by atoms with Crippen LogP contribution in [0.1, 0.15) is 43.7 Å². The Kier molecular flexibility index (Phi) is 8.03. The summed E-state index contributed by atoms with van der Waals surface area (Å²) >= 11 is 5.95. The smallest absolute Gasteiger partial charge is 0.415 e. The van der Waals surface area contributed by atoms with Gasteiger partial charge in [0.25, 0.3) is 0 Å². The van der Waals surface area contributed by atoms with Gasteiger partial charge < -0.3 is 19.1 Å². The first-order valence-electron chi connectivity index (χ1n) is 13.0. The van der Waals surface area contributed by atoms with Crippen molar-refractivity contribution in [1.82, 2.24) is 4.90 Å². The molecule has 3 aromatic carbocycles. The molecule has 1 aliphatic heterocycles. The van der Waals surface area contributed by atoms with Gasteiger partial charge in [-0.3, -0.25) is 4.90 Å². The van der Waals surface area contributed by atoms with Gasteiger partial charge in [0.2, 0.25) is 0 Å². The average molecular weight is 535 g/mol. The molecular weight excluding hydrogens is 504 g/mol. The fourth-order valence-electron chi connectivity index (χ4n) is 5.12. The molecule has 1 saturated carbocycles. The SMILES string of the molecule is CN(C(=O)OC[C@@H]1OC(=O)N(c2ccc(Oc3ccc(Cl)cc3)cc2)[C@H]1c1ccccc1)C1CCCCC1. The van der Waals surface area contributed by atoms with Gasteiger partial charge in [0.05, 0.1) is 0 Å². The summed E-state index contributed by atoms with van der Waals surface area (Å²) in [6, 6.07) is 23.7. The van der Waals surface area contributed by atoms with Crippen molar-refractivity contribution in [2.75, 3.05) is 18.6 Å². The zero-order valence-electron chi connectivity index (χ0n) is 21.3. The number of carbonyl (C=O) groups excluding carboxylic acids is 2. The topological polar surface area (TPSA) is 68.3 Å². The Hall–Kier alpha value is -3.71. The van der Waals surface area contributed by atoms with E-state index >= 15 is 0 Å². The van der Waals surface area contributed by atoms with Crippen molar-refractivity contribution < 1.29 is 23.8 Å². The number of ether oxygens (including phenoxy) is 3. The Labute approximate surface area is 227 Å². The van der Waals surface area contributed by atoms with Gasteiger partial charge in [0.1, 0.15) is 24.1 Å². The van der Waals surface area contributed by atoms with Crippen LogP contribution in [0, 0.1) is 0 Å². The van der Waals surface area contributed by atoms with Crippen LogP contribution in [0.15, 0.2) is 78.9 Å². The maximum Gasteiger partial charge on any atom is 0.415 e. The maximum atomic E-state index is 13.1. The van der Waals surface area contributed by atoms with E-state index in [9.17, 15) is 9.59 Å². The number of rotatable bonds is 7. The lowest BCUT2D eigenvalue weighted by Gasteiger charge is -2.31. The molecule has 1 heterocycles. The van der Waals surface area contributed by atoms with Gasteiger partial charge in [-0.1, -0.05) is 61.2 Å². The van der Waals surface area contributed by atoms with E-state index in [1.807, 2.05) is 42.5 Å². The predicted octanol–water partition coefficient (Wildman–Crippen LogP) is 7.60. The normalized spacial score (nSPS) is 19.6. The van der Waals surface area contributed by atoms with E-state index in [0.717, 1.165) is 31.2 Å². The molecule has 2 aliphatic rings. The summed E-state index contributed by atoms with van der Waals surface area (Å²) < 4.78 is 17.3. The third-order valence-electron chi connectivity index (χ3n) is 7.17. The van der Waals surface area contributed by atoms with Crippen LogP contribution in [0.4, 0.5) is 15.3 Å². The lowest BCUT2D eigenvalue weighted by Crippen LogP contribution is -2.40. The van der Waals surface area contributed by atoms with E-state index in [2.05, 4.69) is 0 Å². The highest BCUT2D eigenvalue weighted by Gasteiger charge is 2.44. The fourth-order valence-corrected chi connectivity index (χ4v) is 5.25. The largest absolute Gasteiger partial charge is 0.457 e. The number of cyclic esters (lactones) is 1. The van der Waals surface area contributed by atoms with Crippen LogP contribution in [-0.4, -0.2) is 42.9 Å². The summed E-state index contributed by atoms with van der Waals surface area (Å²) in [5.74, 6) is 1.28. The van der Waals surface area contributed by atoms with Gasteiger partial charge in [-0.2, -0.15) is 0 Å². The van der Waals surface area contributed by atoms with Crippen molar-refractivity contribution in [3.8, 4) is 11.5 Å². The van der Waals surface area contributed by atoms with Gasteiger partial charge in [0, 0.05) is 23.8 Å². The number of hydrogen-bond acceptors (Lipinski definition) is 5. The molecule has 0 unspecified atom stereocenters. The van der Waals surface area contributed by atoms with Gasteiger partial charge in [-0.05, 0) is 66.9 Å². The van der Waals surface area contributed by atoms with Crippen LogP contribution in [0.3, 0.4) is 0 Å². The fraction of sp³-hybridized carbons (Fsp3) is 0.333. The number of carbonyl (C=O) groups is 2. The number of benzene rings is 3. The van der Waals surface area contributed by atoms with Crippen molar-refractivity contribution in [1.29, 1.82) is 0 Å². The predicted molar refractivity (Wildman–Crippen MR) is 146 cm³/mol. The maximum absolute atomic E-state index is 13.1. The van der Waals surface area contributed by atoms with E-state index in [1.54, 1.807) is 53.2 Å². The van der Waals surface area contributed by atoms with Crippen LogP contribution >= 0.6 is 11.6 Å². The summed E-state index contributed by atoms with van der Waals surface area (Å²) in [4.78, 5) is 29.2. The average Bonchev–Trinajstić information content (AvgIpc) is 3.29. The third-order valence-corrected chi connectivity index (χ3v) is 7.42. The second-order valence-electron chi connectivity index (χ2n) is 9.68. The second-order valence-corrected chi connectivity index (χ2v) is 10.1. The van der Waals surface area contributed by atoms with Crippen molar-refractivity contribution >= 4 is 29.5 Å². The lowest BCUT2D eigenvalue weighted by molar-refractivity contribution is 0.0399. The minimum absolute atomic E-state index is 0.0323. The molecule has 8 heteroatoms. The quantitative estimate of drug-likeness (QED) is 0.312. The van der Waals surface area contributed by atoms with Crippen molar-refractivity contribution in [2.24, 2.45) is 0 Å². The van der Waals surface area contributed by atoms with E-state index in [4.69, 9.17) is 25.8 Å². The molecule has 2 atom stereocenters. The summed E-state index contributed by atoms with van der Waals surface area (Å²) in [6.07, 6.45) is 3.89. The molecule has 2 amide bonds. The molecule has 38 heavy (non-hydrogen) atoms. The summed E-state index contributed by atoms with van der Waals surface area (Å²) in [6.45, 7) is -0.0323. The molecule has 2 fully saturated rings. The van der Waals surface area contributed by atoms with E-state index in [0.29, 0.717) is 22.2 Å². The number of anilines is 1. The first-order chi connectivity index (χ1) is 18.5. The summed E-state index contributed by atoms with van der Waals surface area (Å²) in [7, 11) is 1.79. The second kappa shape index (κ2) is 11.8. The number of halogens is 1. The number of hydrogen-bond donors (Lipinski definition) is 0. The Balaban J connectivity index is 1.31. The third kappa shape index (κ3) is 5.89. The molecule has 198 valence electrons. The highest BCUT2D eigenvalue weighted by molar-refractivity contribution is 6.30. The highest BCUT2D eigenvalue weighted by atomic mass is 35.5. The molecular formula is C30H31ClN2O5.